The zero-order chi connectivity index (χ0) is 15.6. The fourth-order valence-electron chi connectivity index (χ4n) is 2.30. The number of rotatable bonds is 4. The number of carbonyl (C=O) groups is 1. The van der Waals surface area contributed by atoms with Gasteiger partial charge in [0.25, 0.3) is 5.91 Å². The number of amides is 1. The summed E-state index contributed by atoms with van der Waals surface area (Å²) < 4.78 is 28.4. The Morgan fingerprint density at radius 1 is 1.48 bits per heavy atom. The molecular weight excluding hydrogens is 314 g/mol. The summed E-state index contributed by atoms with van der Waals surface area (Å²) in [5.74, 6) is 0.549. The van der Waals surface area contributed by atoms with Crippen LogP contribution in [0.1, 0.15) is 12.0 Å². The van der Waals surface area contributed by atoms with E-state index in [4.69, 9.17) is 16.3 Å². The Morgan fingerprint density at radius 2 is 2.19 bits per heavy atom. The monoisotopic (exact) mass is 331 g/mol. The summed E-state index contributed by atoms with van der Waals surface area (Å²) in [6.45, 7) is 1.73. The zero-order valence-electron chi connectivity index (χ0n) is 12.0. The molecule has 1 heterocycles. The van der Waals surface area contributed by atoms with Gasteiger partial charge in [-0.25, -0.2) is 8.42 Å². The van der Waals surface area contributed by atoms with E-state index >= 15 is 0 Å². The first-order valence-corrected chi connectivity index (χ1v) is 8.83. The van der Waals surface area contributed by atoms with E-state index in [2.05, 4.69) is 0 Å². The highest BCUT2D eigenvalue weighted by atomic mass is 35.5. The summed E-state index contributed by atoms with van der Waals surface area (Å²) in [5, 5.41) is 0.611. The van der Waals surface area contributed by atoms with Gasteiger partial charge in [-0.1, -0.05) is 11.6 Å². The molecule has 0 aliphatic carbocycles. The van der Waals surface area contributed by atoms with Gasteiger partial charge < -0.3 is 9.64 Å². The lowest BCUT2D eigenvalue weighted by Gasteiger charge is -2.23. The quantitative estimate of drug-likeness (QED) is 0.842. The number of ether oxygens (including phenoxy) is 1. The maximum atomic E-state index is 12.1. The number of hydrogen-bond acceptors (Lipinski definition) is 4. The molecule has 116 valence electrons. The van der Waals surface area contributed by atoms with Crippen LogP contribution in [-0.4, -0.2) is 50.4 Å². The number of halogens is 1. The molecule has 0 bridgehead atoms. The van der Waals surface area contributed by atoms with E-state index in [9.17, 15) is 13.2 Å². The first-order chi connectivity index (χ1) is 9.78. The SMILES string of the molecule is Cc1cc(Cl)ccc1OCC(=O)N(C)[C@H]1CCS(=O)(=O)C1. The van der Waals surface area contributed by atoms with Gasteiger partial charge in [-0.05, 0) is 37.1 Å². The topological polar surface area (TPSA) is 63.7 Å². The largest absolute Gasteiger partial charge is 0.483 e. The van der Waals surface area contributed by atoms with Crippen molar-refractivity contribution in [3.8, 4) is 5.75 Å². The number of aryl methyl sites for hydroxylation is 1. The van der Waals surface area contributed by atoms with Gasteiger partial charge in [0.15, 0.2) is 16.4 Å². The maximum absolute atomic E-state index is 12.1. The standard InChI is InChI=1S/C14H18ClNO4S/c1-10-7-11(15)3-4-13(10)20-8-14(17)16(2)12-5-6-21(18,19)9-12/h3-4,7,12H,5-6,8-9H2,1-2H3/t12-/m0/s1. The normalized spacial score (nSPS) is 20.2. The van der Waals surface area contributed by atoms with Crippen LogP contribution in [0.25, 0.3) is 0 Å². The fraction of sp³-hybridized carbons (Fsp3) is 0.500. The van der Waals surface area contributed by atoms with Crippen LogP contribution in [0.4, 0.5) is 0 Å². The lowest BCUT2D eigenvalue weighted by Crippen LogP contribution is -2.40. The Labute approximate surface area is 129 Å². The molecule has 5 nitrogen and oxygen atoms in total. The zero-order valence-corrected chi connectivity index (χ0v) is 13.6. The highest BCUT2D eigenvalue weighted by Gasteiger charge is 2.32. The van der Waals surface area contributed by atoms with Crippen molar-refractivity contribution in [2.45, 2.75) is 19.4 Å². The van der Waals surface area contributed by atoms with Gasteiger partial charge in [0.1, 0.15) is 5.75 Å². The molecule has 0 unspecified atom stereocenters. The van der Waals surface area contributed by atoms with E-state index < -0.39 is 9.84 Å². The minimum Gasteiger partial charge on any atom is -0.483 e. The summed E-state index contributed by atoms with van der Waals surface area (Å²) in [6, 6.07) is 4.92. The first-order valence-electron chi connectivity index (χ1n) is 6.63. The minimum absolute atomic E-state index is 0.0369. The average molecular weight is 332 g/mol. The van der Waals surface area contributed by atoms with Crippen molar-refractivity contribution in [1.29, 1.82) is 0 Å². The molecule has 0 saturated carbocycles. The van der Waals surface area contributed by atoms with Crippen molar-refractivity contribution >= 4 is 27.3 Å². The molecule has 2 rings (SSSR count). The second-order valence-electron chi connectivity index (χ2n) is 5.26. The fourth-order valence-corrected chi connectivity index (χ4v) is 4.30. The third-order valence-corrected chi connectivity index (χ3v) is 5.62. The number of hydrogen-bond donors (Lipinski definition) is 0. The van der Waals surface area contributed by atoms with Crippen LogP contribution in [0.2, 0.25) is 5.02 Å². The molecule has 1 fully saturated rings. The molecule has 0 N–H and O–H groups in total. The summed E-state index contributed by atoms with van der Waals surface area (Å²) in [4.78, 5) is 13.5. The summed E-state index contributed by atoms with van der Waals surface area (Å²) >= 11 is 5.86. The molecule has 0 spiro atoms. The van der Waals surface area contributed by atoms with Crippen LogP contribution in [0.5, 0.6) is 5.75 Å². The molecule has 0 radical (unpaired) electrons. The average Bonchev–Trinajstić information content (AvgIpc) is 2.77. The molecule has 7 heteroatoms. The van der Waals surface area contributed by atoms with E-state index in [1.54, 1.807) is 25.2 Å². The summed E-state index contributed by atoms with van der Waals surface area (Å²) in [7, 11) is -1.38. The van der Waals surface area contributed by atoms with Crippen molar-refractivity contribution in [1.82, 2.24) is 4.90 Å². The van der Waals surface area contributed by atoms with Gasteiger partial charge in [0.05, 0.1) is 11.5 Å². The van der Waals surface area contributed by atoms with E-state index in [0.29, 0.717) is 17.2 Å². The van der Waals surface area contributed by atoms with E-state index in [-0.39, 0.29) is 30.1 Å². The number of carbonyl (C=O) groups excluding carboxylic acids is 1. The first kappa shape index (κ1) is 16.1. The maximum Gasteiger partial charge on any atom is 0.260 e. The number of nitrogens with zero attached hydrogens (tertiary/aromatic N) is 1. The Bertz CT molecular complexity index is 644. The van der Waals surface area contributed by atoms with Crippen LogP contribution in [0.3, 0.4) is 0 Å². The molecule has 21 heavy (non-hydrogen) atoms. The second kappa shape index (κ2) is 6.23. The molecule has 0 aromatic heterocycles. The summed E-state index contributed by atoms with van der Waals surface area (Å²) in [6.07, 6.45) is 0.491. The Hall–Kier alpha value is -1.27. The van der Waals surface area contributed by atoms with E-state index in [1.807, 2.05) is 6.92 Å². The third kappa shape index (κ3) is 4.11. The van der Waals surface area contributed by atoms with Gasteiger partial charge in [-0.2, -0.15) is 0 Å². The van der Waals surface area contributed by atoms with Crippen molar-refractivity contribution in [2.75, 3.05) is 25.2 Å². The van der Waals surface area contributed by atoms with Gasteiger partial charge in [-0.15, -0.1) is 0 Å². The van der Waals surface area contributed by atoms with E-state index in [1.165, 1.54) is 4.90 Å². The number of benzene rings is 1. The lowest BCUT2D eigenvalue weighted by atomic mass is 10.2. The minimum atomic E-state index is -3.00. The molecule has 1 aliphatic heterocycles. The molecule has 1 aromatic carbocycles. The Balaban J connectivity index is 1.92. The predicted octanol–water partition coefficient (Wildman–Crippen LogP) is 1.67. The van der Waals surface area contributed by atoms with Crippen LogP contribution < -0.4 is 4.74 Å². The van der Waals surface area contributed by atoms with Gasteiger partial charge in [0.2, 0.25) is 0 Å². The molecule has 1 aromatic rings. The van der Waals surface area contributed by atoms with E-state index in [0.717, 1.165) is 5.56 Å². The van der Waals surface area contributed by atoms with Crippen LogP contribution in [0.15, 0.2) is 18.2 Å². The van der Waals surface area contributed by atoms with Crippen molar-refractivity contribution in [3.05, 3.63) is 28.8 Å². The van der Waals surface area contributed by atoms with Gasteiger partial charge >= 0.3 is 0 Å². The van der Waals surface area contributed by atoms with Gasteiger partial charge in [0, 0.05) is 18.1 Å². The molecule has 1 saturated heterocycles. The van der Waals surface area contributed by atoms with Crippen molar-refractivity contribution < 1.29 is 17.9 Å². The number of sulfone groups is 1. The van der Waals surface area contributed by atoms with Crippen molar-refractivity contribution in [3.63, 3.8) is 0 Å². The summed E-state index contributed by atoms with van der Waals surface area (Å²) in [5.41, 5.74) is 0.849. The Morgan fingerprint density at radius 3 is 2.76 bits per heavy atom. The highest BCUT2D eigenvalue weighted by Crippen LogP contribution is 2.22. The highest BCUT2D eigenvalue weighted by molar-refractivity contribution is 7.91. The third-order valence-electron chi connectivity index (χ3n) is 3.64. The van der Waals surface area contributed by atoms with Crippen molar-refractivity contribution in [2.24, 2.45) is 0 Å². The van der Waals surface area contributed by atoms with Crippen LogP contribution >= 0.6 is 11.6 Å². The smallest absolute Gasteiger partial charge is 0.260 e. The molecule has 1 atom stereocenters. The van der Waals surface area contributed by atoms with Crippen LogP contribution in [0, 0.1) is 6.92 Å². The van der Waals surface area contributed by atoms with Gasteiger partial charge in [-0.3, -0.25) is 4.79 Å². The Kier molecular flexibility index (Phi) is 4.78. The van der Waals surface area contributed by atoms with Crippen LogP contribution in [-0.2, 0) is 14.6 Å². The second-order valence-corrected chi connectivity index (χ2v) is 7.93. The molecule has 1 amide bonds. The number of likely N-dealkylation sites (N-methyl/N-ethyl adjacent to an activating group) is 1. The molecular formula is C14H18ClNO4S. The molecule has 1 aliphatic rings. The lowest BCUT2D eigenvalue weighted by molar-refractivity contribution is -0.133. The predicted molar refractivity (Wildman–Crippen MR) is 81.5 cm³/mol.